The molecule has 4 N–H and O–H groups in total. The molecule has 0 bridgehead atoms. The van der Waals surface area contributed by atoms with Crippen LogP contribution in [-0.2, 0) is 9.53 Å². The van der Waals surface area contributed by atoms with Crippen LogP contribution in [0, 0.1) is 5.92 Å². The number of carbonyl (C=O) groups excluding carboxylic acids is 2. The van der Waals surface area contributed by atoms with E-state index in [9.17, 15) is 9.59 Å². The highest BCUT2D eigenvalue weighted by atomic mass is 16.5. The van der Waals surface area contributed by atoms with Gasteiger partial charge in [-0.25, -0.2) is 4.79 Å². The molecule has 0 saturated heterocycles. The molecule has 8 heteroatoms. The van der Waals surface area contributed by atoms with E-state index in [2.05, 4.69) is 22.5 Å². The average Bonchev–Trinajstić information content (AvgIpc) is 2.85. The van der Waals surface area contributed by atoms with Gasteiger partial charge in [0.25, 0.3) is 5.91 Å². The summed E-state index contributed by atoms with van der Waals surface area (Å²) >= 11 is 0. The van der Waals surface area contributed by atoms with E-state index in [0.717, 1.165) is 25.0 Å². The predicted molar refractivity (Wildman–Crippen MR) is 135 cm³/mol. The van der Waals surface area contributed by atoms with Crippen LogP contribution in [-0.4, -0.2) is 61.4 Å². The van der Waals surface area contributed by atoms with Gasteiger partial charge in [0.05, 0.1) is 19.2 Å². The maximum absolute atomic E-state index is 13.0. The molecule has 8 nitrogen and oxygen atoms in total. The Balaban J connectivity index is 1.53. The summed E-state index contributed by atoms with van der Waals surface area (Å²) in [7, 11) is 1.64. The fourth-order valence-electron chi connectivity index (χ4n) is 4.06. The van der Waals surface area contributed by atoms with Crippen molar-refractivity contribution in [3.63, 3.8) is 0 Å². The Morgan fingerprint density at radius 2 is 2.06 bits per heavy atom. The summed E-state index contributed by atoms with van der Waals surface area (Å²) in [6.07, 6.45) is 19.7. The van der Waals surface area contributed by atoms with Gasteiger partial charge in [-0.1, -0.05) is 44.1 Å². The van der Waals surface area contributed by atoms with Gasteiger partial charge in [0.1, 0.15) is 11.5 Å². The molecule has 2 aliphatic carbocycles. The Kier molecular flexibility index (Phi) is 9.55. The first-order valence-electron chi connectivity index (χ1n) is 12.1. The molecule has 3 atom stereocenters. The number of amides is 3. The lowest BCUT2D eigenvalue weighted by molar-refractivity contribution is -0.115. The molecule has 1 heterocycles. The van der Waals surface area contributed by atoms with E-state index in [1.54, 1.807) is 19.3 Å². The highest BCUT2D eigenvalue weighted by Crippen LogP contribution is 2.15. The van der Waals surface area contributed by atoms with E-state index >= 15 is 0 Å². The van der Waals surface area contributed by atoms with Gasteiger partial charge in [0.15, 0.2) is 0 Å². The maximum atomic E-state index is 13.0. The summed E-state index contributed by atoms with van der Waals surface area (Å²) in [5.74, 6) is 0.652. The Bertz CT molecular complexity index is 915. The third kappa shape index (κ3) is 7.37. The van der Waals surface area contributed by atoms with Gasteiger partial charge in [-0.05, 0) is 43.6 Å². The van der Waals surface area contributed by atoms with Crippen molar-refractivity contribution >= 4 is 17.6 Å². The molecule has 0 spiro atoms. The van der Waals surface area contributed by atoms with Crippen LogP contribution in [0.2, 0.25) is 0 Å². The third-order valence-electron chi connectivity index (χ3n) is 6.14. The van der Waals surface area contributed by atoms with Crippen molar-refractivity contribution in [2.24, 2.45) is 16.6 Å². The van der Waals surface area contributed by atoms with Crippen molar-refractivity contribution in [3.05, 3.63) is 60.1 Å². The molecule has 0 aromatic heterocycles. The number of nitrogens with one attached hydrogen (secondary N) is 2. The molecule has 3 amide bonds. The number of unbranched alkanes of at least 4 members (excludes halogenated alkanes) is 2. The number of nitrogens with two attached hydrogens (primary N) is 1. The molecule has 0 radical (unpaired) electrons. The Morgan fingerprint density at radius 3 is 2.71 bits per heavy atom. The number of rotatable bonds is 10. The molecule has 3 rings (SSSR count). The van der Waals surface area contributed by atoms with Crippen LogP contribution in [0.4, 0.5) is 4.79 Å². The summed E-state index contributed by atoms with van der Waals surface area (Å²) in [6.45, 7) is 3.87. The lowest BCUT2D eigenvalue weighted by Gasteiger charge is -2.29. The quantitative estimate of drug-likeness (QED) is 0.429. The van der Waals surface area contributed by atoms with Crippen molar-refractivity contribution in [1.29, 1.82) is 0 Å². The molecule has 3 aliphatic rings. The van der Waals surface area contributed by atoms with Crippen LogP contribution in [0.15, 0.2) is 65.1 Å². The van der Waals surface area contributed by atoms with Gasteiger partial charge < -0.3 is 26.0 Å². The fourth-order valence-corrected chi connectivity index (χ4v) is 4.06. The largest absolute Gasteiger partial charge is 0.497 e. The lowest BCUT2D eigenvalue weighted by Crippen LogP contribution is -2.47. The van der Waals surface area contributed by atoms with E-state index in [4.69, 9.17) is 10.5 Å². The van der Waals surface area contributed by atoms with E-state index < -0.39 is 0 Å². The third-order valence-corrected chi connectivity index (χ3v) is 6.14. The molecule has 1 aliphatic heterocycles. The highest BCUT2D eigenvalue weighted by molar-refractivity contribution is 6.43. The van der Waals surface area contributed by atoms with Gasteiger partial charge in [0.2, 0.25) is 0 Å². The normalized spacial score (nSPS) is 23.5. The number of carbonyl (C=O) groups is 2. The first-order chi connectivity index (χ1) is 16.5. The van der Waals surface area contributed by atoms with E-state index in [-0.39, 0.29) is 29.9 Å². The van der Waals surface area contributed by atoms with Gasteiger partial charge >= 0.3 is 6.03 Å². The number of hydrogen-bond acceptors (Lipinski definition) is 5. The molecule has 0 fully saturated rings. The SMILES string of the molecule is CCCCCN(CC1C=CC(C(=O)NC2CC=CC=C2N)=NC1)C(=O)NC1C=CC(OC)=CC1. The predicted octanol–water partition coefficient (Wildman–Crippen LogP) is 2.96. The van der Waals surface area contributed by atoms with Crippen molar-refractivity contribution < 1.29 is 14.3 Å². The number of nitrogens with zero attached hydrogens (tertiary/aromatic N) is 2. The molecule has 34 heavy (non-hydrogen) atoms. The number of methoxy groups -OCH3 is 1. The van der Waals surface area contributed by atoms with Gasteiger partial charge in [-0.15, -0.1) is 0 Å². The van der Waals surface area contributed by atoms with E-state index in [1.807, 2.05) is 41.4 Å². The van der Waals surface area contributed by atoms with Gasteiger partial charge in [-0.3, -0.25) is 9.79 Å². The second-order valence-electron chi connectivity index (χ2n) is 8.82. The summed E-state index contributed by atoms with van der Waals surface area (Å²) < 4.78 is 5.22. The minimum atomic E-state index is -0.225. The summed E-state index contributed by atoms with van der Waals surface area (Å²) in [4.78, 5) is 32.0. The smallest absolute Gasteiger partial charge is 0.317 e. The van der Waals surface area contributed by atoms with Crippen LogP contribution in [0.1, 0.15) is 39.0 Å². The van der Waals surface area contributed by atoms with Crippen molar-refractivity contribution in [2.45, 2.75) is 51.1 Å². The Hall–Kier alpha value is -3.29. The number of urea groups is 1. The zero-order chi connectivity index (χ0) is 24.3. The van der Waals surface area contributed by atoms with Crippen LogP contribution in [0.5, 0.6) is 0 Å². The number of hydrogen-bond donors (Lipinski definition) is 3. The standard InChI is InChI=1S/C26H37N5O3/c1-3-4-7-16-31(26(33)29-20-11-13-21(34-2)14-12-20)18-19-10-15-24(28-17-19)25(32)30-23-9-6-5-8-22(23)27/h5-6,8,10-11,13-15,19-20,23H,3-4,7,9,12,16-18,27H2,1-2H3,(H,29,33)(H,30,32). The van der Waals surface area contributed by atoms with Crippen molar-refractivity contribution in [2.75, 3.05) is 26.7 Å². The first kappa shape index (κ1) is 25.3. The van der Waals surface area contributed by atoms with Crippen LogP contribution in [0.3, 0.4) is 0 Å². The fraction of sp³-hybridized carbons (Fsp3) is 0.500. The number of aliphatic imine (C=N–C) groups is 1. The summed E-state index contributed by atoms with van der Waals surface area (Å²) in [6, 6.07) is -0.326. The zero-order valence-electron chi connectivity index (χ0n) is 20.2. The van der Waals surface area contributed by atoms with Crippen LogP contribution in [0.25, 0.3) is 0 Å². The van der Waals surface area contributed by atoms with Crippen molar-refractivity contribution in [1.82, 2.24) is 15.5 Å². The maximum Gasteiger partial charge on any atom is 0.317 e. The topological polar surface area (TPSA) is 109 Å². The molecule has 184 valence electrons. The highest BCUT2D eigenvalue weighted by Gasteiger charge is 2.24. The second-order valence-corrected chi connectivity index (χ2v) is 8.82. The lowest BCUT2D eigenvalue weighted by atomic mass is 10.0. The molecule has 0 aromatic rings. The van der Waals surface area contributed by atoms with Crippen LogP contribution >= 0.6 is 0 Å². The van der Waals surface area contributed by atoms with Gasteiger partial charge in [0, 0.05) is 31.2 Å². The molecular formula is C26H37N5O3. The van der Waals surface area contributed by atoms with Crippen LogP contribution < -0.4 is 16.4 Å². The van der Waals surface area contributed by atoms with E-state index in [1.165, 1.54) is 0 Å². The monoisotopic (exact) mass is 467 g/mol. The summed E-state index contributed by atoms with van der Waals surface area (Å²) in [5, 5.41) is 6.05. The van der Waals surface area contributed by atoms with E-state index in [0.29, 0.717) is 43.9 Å². The summed E-state index contributed by atoms with van der Waals surface area (Å²) in [5.41, 5.74) is 7.01. The first-order valence-corrected chi connectivity index (χ1v) is 12.1. The average molecular weight is 468 g/mol. The second kappa shape index (κ2) is 12.8. The molecule has 3 unspecified atom stereocenters. The molecule has 0 saturated carbocycles. The molecular weight excluding hydrogens is 430 g/mol. The number of allylic oxidation sites excluding steroid dienone is 3. The minimum Gasteiger partial charge on any atom is -0.497 e. The van der Waals surface area contributed by atoms with Crippen molar-refractivity contribution in [3.8, 4) is 0 Å². The molecule has 0 aromatic carbocycles. The number of ether oxygens (including phenoxy) is 1. The minimum absolute atomic E-state index is 0.0496. The number of dihydropyridines is 1. The Labute approximate surface area is 202 Å². The Morgan fingerprint density at radius 1 is 1.21 bits per heavy atom. The van der Waals surface area contributed by atoms with Gasteiger partial charge in [-0.2, -0.15) is 0 Å². The zero-order valence-corrected chi connectivity index (χ0v) is 20.2.